The largest absolute Gasteiger partial charge is 0.461 e. The Morgan fingerprint density at radius 1 is 1.36 bits per heavy atom. The molecule has 1 aromatic heterocycles. The van der Waals surface area contributed by atoms with Crippen LogP contribution in [0.15, 0.2) is 0 Å². The van der Waals surface area contributed by atoms with Crippen LogP contribution in [0.25, 0.3) is 0 Å². The van der Waals surface area contributed by atoms with Crippen LogP contribution in [0.1, 0.15) is 49.4 Å². The van der Waals surface area contributed by atoms with E-state index in [9.17, 15) is 9.59 Å². The van der Waals surface area contributed by atoms with E-state index in [2.05, 4.69) is 17.9 Å². The zero-order valence-corrected chi connectivity index (χ0v) is 14.1. The lowest BCUT2D eigenvalue weighted by atomic mass is 10.1. The molecule has 0 N–H and O–H groups in total. The number of ether oxygens (including phenoxy) is 2. The van der Waals surface area contributed by atoms with Gasteiger partial charge in [-0.15, -0.1) is 0 Å². The molecule has 0 fully saturated rings. The molecule has 7 nitrogen and oxygen atoms in total. The second-order valence-electron chi connectivity index (χ2n) is 6.04. The van der Waals surface area contributed by atoms with Crippen molar-refractivity contribution in [3.05, 3.63) is 17.0 Å². The van der Waals surface area contributed by atoms with E-state index in [1.54, 1.807) is 11.8 Å². The Balaban J connectivity index is 2.22. The van der Waals surface area contributed by atoms with Crippen molar-refractivity contribution in [3.63, 3.8) is 0 Å². The van der Waals surface area contributed by atoms with Crippen LogP contribution >= 0.6 is 12.8 Å². The summed E-state index contributed by atoms with van der Waals surface area (Å²) in [5.41, 5.74) is 1.14. The summed E-state index contributed by atoms with van der Waals surface area (Å²) < 4.78 is 11.6. The van der Waals surface area contributed by atoms with Crippen LogP contribution in [0.3, 0.4) is 0 Å². The van der Waals surface area contributed by atoms with Crippen molar-refractivity contribution in [2.24, 2.45) is 0 Å². The quantitative estimate of drug-likeness (QED) is 0.665. The molecule has 1 amide bonds. The molecular weight excluding hydrogens is 306 g/mol. The van der Waals surface area contributed by atoms with Gasteiger partial charge in [0.05, 0.1) is 18.8 Å². The van der Waals surface area contributed by atoms with Gasteiger partial charge in [0.25, 0.3) is 0 Å². The number of esters is 1. The first-order valence-corrected chi connectivity index (χ1v) is 7.58. The van der Waals surface area contributed by atoms with Gasteiger partial charge < -0.3 is 14.4 Å². The molecule has 1 aliphatic rings. The summed E-state index contributed by atoms with van der Waals surface area (Å²) in [5.74, 6) is -0.489. The summed E-state index contributed by atoms with van der Waals surface area (Å²) in [4.78, 5) is 25.8. The predicted octanol–water partition coefficient (Wildman–Crippen LogP) is 2.05. The van der Waals surface area contributed by atoms with Gasteiger partial charge in [0.2, 0.25) is 0 Å². The van der Waals surface area contributed by atoms with Crippen LogP contribution < -0.4 is 0 Å². The lowest BCUT2D eigenvalue weighted by molar-refractivity contribution is 0.0220. The van der Waals surface area contributed by atoms with Crippen molar-refractivity contribution in [2.75, 3.05) is 13.2 Å². The number of carbonyl (C=O) groups excluding carboxylic acids is 2. The van der Waals surface area contributed by atoms with Gasteiger partial charge in [0.15, 0.2) is 5.69 Å². The highest BCUT2D eigenvalue weighted by Gasteiger charge is 2.32. The Morgan fingerprint density at radius 2 is 2.05 bits per heavy atom. The van der Waals surface area contributed by atoms with Crippen molar-refractivity contribution in [2.45, 2.75) is 46.3 Å². The predicted molar refractivity (Wildman–Crippen MR) is 82.9 cm³/mol. The lowest BCUT2D eigenvalue weighted by Gasteiger charge is -2.29. The molecule has 0 unspecified atom stereocenters. The third-order valence-electron chi connectivity index (χ3n) is 3.14. The molecule has 122 valence electrons. The molecule has 0 saturated carbocycles. The number of carbonyl (C=O) groups is 2. The zero-order chi connectivity index (χ0) is 16.5. The van der Waals surface area contributed by atoms with Crippen LogP contribution in [0, 0.1) is 0 Å². The molecule has 0 aliphatic carbocycles. The summed E-state index contributed by atoms with van der Waals surface area (Å²) in [6, 6.07) is 0. The average Bonchev–Trinajstić information content (AvgIpc) is 2.71. The molecule has 22 heavy (non-hydrogen) atoms. The number of thiol groups is 1. The topological polar surface area (TPSA) is 73.7 Å². The Morgan fingerprint density at radius 3 is 2.64 bits per heavy atom. The maximum absolute atomic E-state index is 12.2. The second-order valence-corrected chi connectivity index (χ2v) is 6.41. The Labute approximate surface area is 135 Å². The maximum Gasteiger partial charge on any atom is 0.410 e. The number of fused-ring (bicyclic) bond motifs is 1. The van der Waals surface area contributed by atoms with Crippen LogP contribution in [-0.2, 0) is 22.4 Å². The summed E-state index contributed by atoms with van der Waals surface area (Å²) in [6.07, 6.45) is 0.147. The van der Waals surface area contributed by atoms with Gasteiger partial charge >= 0.3 is 12.1 Å². The van der Waals surface area contributed by atoms with Gasteiger partial charge in [-0.05, 0) is 40.5 Å². The Hall–Kier alpha value is -1.70. The summed E-state index contributed by atoms with van der Waals surface area (Å²) >= 11 is 4.18. The SMILES string of the molecule is CCOC(=O)c1c2c(nn1S)CCN(C(=O)OC(C)(C)C)C2. The fourth-order valence-electron chi connectivity index (χ4n) is 2.25. The zero-order valence-electron chi connectivity index (χ0n) is 13.3. The van der Waals surface area contributed by atoms with Gasteiger partial charge in [0.1, 0.15) is 5.60 Å². The second kappa shape index (κ2) is 6.20. The monoisotopic (exact) mass is 327 g/mol. The van der Waals surface area contributed by atoms with Crippen LogP contribution in [0.4, 0.5) is 4.79 Å². The molecule has 0 aromatic carbocycles. The van der Waals surface area contributed by atoms with E-state index in [1.165, 1.54) is 4.09 Å². The number of rotatable bonds is 2. The molecule has 2 rings (SSSR count). The number of aromatic nitrogens is 2. The van der Waals surface area contributed by atoms with Gasteiger partial charge in [-0.1, -0.05) is 0 Å². The Bertz CT molecular complexity index is 592. The van der Waals surface area contributed by atoms with E-state index in [0.717, 1.165) is 5.69 Å². The molecule has 8 heteroatoms. The standard InChI is InChI=1S/C14H21N3O4S/c1-5-20-12(18)11-9-8-16(13(19)21-14(2,3)4)7-6-10(9)15-17(11)22/h22H,5-8H2,1-4H3. The van der Waals surface area contributed by atoms with Crippen LogP contribution in [0.2, 0.25) is 0 Å². The molecule has 1 aliphatic heterocycles. The molecule has 0 atom stereocenters. The molecule has 0 spiro atoms. The molecular formula is C14H21N3O4S. The highest BCUT2D eigenvalue weighted by atomic mass is 32.1. The van der Waals surface area contributed by atoms with Crippen molar-refractivity contribution >= 4 is 24.9 Å². The molecule has 0 bridgehead atoms. The first-order valence-electron chi connectivity index (χ1n) is 7.18. The molecule has 1 aromatic rings. The summed E-state index contributed by atoms with van der Waals surface area (Å²) in [6.45, 7) is 8.20. The summed E-state index contributed by atoms with van der Waals surface area (Å²) in [5, 5.41) is 4.22. The van der Waals surface area contributed by atoms with Crippen LogP contribution in [0.5, 0.6) is 0 Å². The fourth-order valence-corrected chi connectivity index (χ4v) is 2.56. The third-order valence-corrected chi connectivity index (χ3v) is 3.43. The van der Waals surface area contributed by atoms with E-state index in [-0.39, 0.29) is 18.8 Å². The minimum absolute atomic E-state index is 0.263. The van der Waals surface area contributed by atoms with Gasteiger partial charge in [-0.3, -0.25) is 0 Å². The number of hydrogen-bond donors (Lipinski definition) is 1. The van der Waals surface area contributed by atoms with E-state index in [4.69, 9.17) is 9.47 Å². The maximum atomic E-state index is 12.2. The first-order chi connectivity index (χ1) is 10.2. The normalized spacial score (nSPS) is 14.5. The van der Waals surface area contributed by atoms with E-state index in [1.807, 2.05) is 20.8 Å². The lowest BCUT2D eigenvalue weighted by Crippen LogP contribution is -2.40. The number of hydrogen-bond acceptors (Lipinski definition) is 6. The van der Waals surface area contributed by atoms with E-state index in [0.29, 0.717) is 18.5 Å². The highest BCUT2D eigenvalue weighted by Crippen LogP contribution is 2.25. The number of nitrogens with zero attached hydrogens (tertiary/aromatic N) is 3. The van der Waals surface area contributed by atoms with Crippen molar-refractivity contribution in [1.82, 2.24) is 14.1 Å². The van der Waals surface area contributed by atoms with Gasteiger partial charge in [0, 0.05) is 18.5 Å². The van der Waals surface area contributed by atoms with Crippen molar-refractivity contribution in [1.29, 1.82) is 0 Å². The molecule has 0 saturated heterocycles. The van der Waals surface area contributed by atoms with Gasteiger partial charge in [-0.2, -0.15) is 5.10 Å². The summed E-state index contributed by atoms with van der Waals surface area (Å²) in [7, 11) is 0. The van der Waals surface area contributed by atoms with E-state index < -0.39 is 17.7 Å². The van der Waals surface area contributed by atoms with Gasteiger partial charge in [-0.25, -0.2) is 13.7 Å². The smallest absolute Gasteiger partial charge is 0.410 e. The first kappa shape index (κ1) is 16.7. The molecule has 0 radical (unpaired) electrons. The van der Waals surface area contributed by atoms with E-state index >= 15 is 0 Å². The van der Waals surface area contributed by atoms with Crippen LogP contribution in [-0.4, -0.2) is 44.9 Å². The number of amides is 1. The Kier molecular flexibility index (Phi) is 4.69. The fraction of sp³-hybridized carbons (Fsp3) is 0.643. The minimum atomic E-state index is -0.560. The average molecular weight is 327 g/mol. The highest BCUT2D eigenvalue weighted by molar-refractivity contribution is 7.78. The van der Waals surface area contributed by atoms with Crippen molar-refractivity contribution in [3.8, 4) is 0 Å². The molecule has 2 heterocycles. The minimum Gasteiger partial charge on any atom is -0.461 e. The third kappa shape index (κ3) is 3.55. The van der Waals surface area contributed by atoms with Crippen molar-refractivity contribution < 1.29 is 19.1 Å².